The molecule has 1 aromatic carbocycles. The molecule has 1 aromatic heterocycles. The zero-order chi connectivity index (χ0) is 13.2. The summed E-state index contributed by atoms with van der Waals surface area (Å²) in [6, 6.07) is 10.4. The zero-order valence-electron chi connectivity index (χ0n) is 10.2. The fourth-order valence-corrected chi connectivity index (χ4v) is 4.35. The summed E-state index contributed by atoms with van der Waals surface area (Å²) in [5, 5.41) is 3.46. The lowest BCUT2D eigenvalue weighted by molar-refractivity contribution is 0.227. The van der Waals surface area contributed by atoms with Crippen molar-refractivity contribution in [2.75, 3.05) is 6.54 Å². The van der Waals surface area contributed by atoms with Crippen molar-refractivity contribution in [3.8, 4) is 5.75 Å². The van der Waals surface area contributed by atoms with Gasteiger partial charge in [-0.15, -0.1) is 11.3 Å². The molecule has 2 heterocycles. The Morgan fingerprint density at radius 1 is 1.32 bits per heavy atom. The molecule has 0 saturated heterocycles. The summed E-state index contributed by atoms with van der Waals surface area (Å²) in [5.74, 6) is 1.04. The van der Waals surface area contributed by atoms with Crippen molar-refractivity contribution in [2.45, 2.75) is 19.1 Å². The molecule has 1 unspecified atom stereocenters. The van der Waals surface area contributed by atoms with Crippen LogP contribution >= 0.6 is 43.2 Å². The van der Waals surface area contributed by atoms with Crippen molar-refractivity contribution in [3.05, 3.63) is 49.0 Å². The predicted octanol–water partition coefficient (Wildman–Crippen LogP) is 4.37. The zero-order valence-corrected chi connectivity index (χ0v) is 14.1. The minimum absolute atomic E-state index is 0.254. The number of nitrogens with one attached hydrogen (secondary N) is 1. The lowest BCUT2D eigenvalue weighted by Gasteiger charge is -2.11. The molecule has 0 amide bonds. The average molecular weight is 403 g/mol. The van der Waals surface area contributed by atoms with Gasteiger partial charge in [0.1, 0.15) is 11.9 Å². The van der Waals surface area contributed by atoms with E-state index >= 15 is 0 Å². The maximum atomic E-state index is 5.90. The number of rotatable bonds is 4. The molecule has 1 atom stereocenters. The summed E-state index contributed by atoms with van der Waals surface area (Å²) in [6.07, 6.45) is 1.25. The number of hydrogen-bond acceptors (Lipinski definition) is 3. The van der Waals surface area contributed by atoms with Crippen LogP contribution in [0.5, 0.6) is 5.75 Å². The molecule has 0 radical (unpaired) electrons. The van der Waals surface area contributed by atoms with E-state index in [2.05, 4.69) is 55.4 Å². The molecule has 0 saturated carbocycles. The number of para-hydroxylation sites is 1. The van der Waals surface area contributed by atoms with Crippen molar-refractivity contribution in [3.63, 3.8) is 0 Å². The predicted molar refractivity (Wildman–Crippen MR) is 86.0 cm³/mol. The van der Waals surface area contributed by atoms with E-state index in [-0.39, 0.29) is 6.10 Å². The Kier molecular flexibility index (Phi) is 4.27. The third-order valence-electron chi connectivity index (χ3n) is 3.08. The molecule has 2 nitrogen and oxygen atoms in total. The van der Waals surface area contributed by atoms with E-state index in [1.807, 2.05) is 12.1 Å². The van der Waals surface area contributed by atoms with Crippen molar-refractivity contribution >= 4 is 43.2 Å². The van der Waals surface area contributed by atoms with Gasteiger partial charge < -0.3 is 10.1 Å². The van der Waals surface area contributed by atoms with Gasteiger partial charge >= 0.3 is 0 Å². The first-order valence-corrected chi connectivity index (χ1v) is 8.51. The summed E-state index contributed by atoms with van der Waals surface area (Å²) in [7, 11) is 0. The molecule has 0 fully saturated rings. The number of fused-ring (bicyclic) bond motifs is 1. The van der Waals surface area contributed by atoms with Gasteiger partial charge in [-0.3, -0.25) is 0 Å². The summed E-state index contributed by atoms with van der Waals surface area (Å²) in [4.78, 5) is 1.31. The normalized spacial score (nSPS) is 17.3. The van der Waals surface area contributed by atoms with Crippen LogP contribution < -0.4 is 10.1 Å². The number of benzene rings is 1. The quantitative estimate of drug-likeness (QED) is 0.819. The van der Waals surface area contributed by atoms with Gasteiger partial charge in [-0.05, 0) is 49.6 Å². The van der Waals surface area contributed by atoms with Crippen LogP contribution in [0, 0.1) is 0 Å². The average Bonchev–Trinajstić information content (AvgIpc) is 2.93. The number of ether oxygens (including phenoxy) is 1. The molecular weight excluding hydrogens is 390 g/mol. The molecule has 1 aliphatic heterocycles. The highest BCUT2D eigenvalue weighted by molar-refractivity contribution is 9.13. The molecule has 1 aliphatic rings. The van der Waals surface area contributed by atoms with Crippen LogP contribution in [0.1, 0.15) is 10.4 Å². The second kappa shape index (κ2) is 5.95. The Bertz CT molecular complexity index is 540. The molecule has 100 valence electrons. The van der Waals surface area contributed by atoms with E-state index in [0.29, 0.717) is 0 Å². The van der Waals surface area contributed by atoms with Gasteiger partial charge in [0, 0.05) is 28.9 Å². The largest absolute Gasteiger partial charge is 0.488 e. The Hall–Kier alpha value is -0.360. The van der Waals surface area contributed by atoms with Gasteiger partial charge in [0.15, 0.2) is 0 Å². The van der Waals surface area contributed by atoms with Crippen molar-refractivity contribution in [1.29, 1.82) is 0 Å². The van der Waals surface area contributed by atoms with Crippen LogP contribution in [0.25, 0.3) is 0 Å². The molecule has 0 spiro atoms. The number of halogens is 2. The fraction of sp³-hybridized carbons (Fsp3) is 0.286. The van der Waals surface area contributed by atoms with Gasteiger partial charge in [0.05, 0.1) is 3.79 Å². The summed E-state index contributed by atoms with van der Waals surface area (Å²) >= 11 is 8.77. The Morgan fingerprint density at radius 3 is 2.89 bits per heavy atom. The highest BCUT2D eigenvalue weighted by Crippen LogP contribution is 2.32. The highest BCUT2D eigenvalue weighted by atomic mass is 79.9. The second-order valence-electron chi connectivity index (χ2n) is 4.52. The number of thiophene rings is 1. The SMILES string of the molecule is Brc1cc(CNCC2Cc3ccccc3O2)sc1Br. The van der Waals surface area contributed by atoms with Crippen LogP contribution in [-0.2, 0) is 13.0 Å². The van der Waals surface area contributed by atoms with Gasteiger partial charge in [-0.25, -0.2) is 0 Å². The van der Waals surface area contributed by atoms with E-state index in [1.54, 1.807) is 11.3 Å². The number of hydrogen-bond donors (Lipinski definition) is 1. The van der Waals surface area contributed by atoms with Crippen LogP contribution in [-0.4, -0.2) is 12.6 Å². The van der Waals surface area contributed by atoms with Crippen LogP contribution in [0.4, 0.5) is 0 Å². The Balaban J connectivity index is 1.50. The lowest BCUT2D eigenvalue weighted by atomic mass is 10.1. The van der Waals surface area contributed by atoms with Gasteiger partial charge in [0.25, 0.3) is 0 Å². The molecule has 19 heavy (non-hydrogen) atoms. The standard InChI is InChI=1S/C14H13Br2NOS/c15-12-6-11(19-14(12)16)8-17-7-10-5-9-3-1-2-4-13(9)18-10/h1-4,6,10,17H,5,7-8H2. The van der Waals surface area contributed by atoms with E-state index < -0.39 is 0 Å². The van der Waals surface area contributed by atoms with Crippen molar-refractivity contribution < 1.29 is 4.74 Å². The molecule has 5 heteroatoms. The molecule has 2 aromatic rings. The summed E-state index contributed by atoms with van der Waals surface area (Å²) < 4.78 is 8.17. The molecule has 3 rings (SSSR count). The smallest absolute Gasteiger partial charge is 0.123 e. The van der Waals surface area contributed by atoms with E-state index in [1.165, 1.54) is 10.4 Å². The van der Waals surface area contributed by atoms with E-state index in [9.17, 15) is 0 Å². The van der Waals surface area contributed by atoms with Crippen molar-refractivity contribution in [1.82, 2.24) is 5.32 Å². The minimum atomic E-state index is 0.254. The van der Waals surface area contributed by atoms with Gasteiger partial charge in [-0.2, -0.15) is 0 Å². The third-order valence-corrected chi connectivity index (χ3v) is 6.34. The van der Waals surface area contributed by atoms with Crippen LogP contribution in [0.2, 0.25) is 0 Å². The maximum absolute atomic E-state index is 5.90. The molecular formula is C14H13Br2NOS. The minimum Gasteiger partial charge on any atom is -0.488 e. The lowest BCUT2D eigenvalue weighted by Crippen LogP contribution is -2.29. The van der Waals surface area contributed by atoms with E-state index in [0.717, 1.165) is 33.5 Å². The van der Waals surface area contributed by atoms with Gasteiger partial charge in [-0.1, -0.05) is 18.2 Å². The Morgan fingerprint density at radius 2 is 2.16 bits per heavy atom. The monoisotopic (exact) mass is 401 g/mol. The molecule has 1 N–H and O–H groups in total. The first kappa shape index (κ1) is 13.6. The highest BCUT2D eigenvalue weighted by Gasteiger charge is 2.21. The van der Waals surface area contributed by atoms with E-state index in [4.69, 9.17) is 4.74 Å². The summed E-state index contributed by atoms with van der Waals surface area (Å²) in [5.41, 5.74) is 1.32. The second-order valence-corrected chi connectivity index (χ2v) is 7.83. The van der Waals surface area contributed by atoms with Crippen LogP contribution in [0.3, 0.4) is 0 Å². The Labute approximate surface area is 133 Å². The molecule has 0 aliphatic carbocycles. The topological polar surface area (TPSA) is 21.3 Å². The summed E-state index contributed by atoms with van der Waals surface area (Å²) in [6.45, 7) is 1.76. The fourth-order valence-electron chi connectivity index (χ4n) is 2.20. The maximum Gasteiger partial charge on any atom is 0.123 e. The van der Waals surface area contributed by atoms with Crippen molar-refractivity contribution in [2.24, 2.45) is 0 Å². The third kappa shape index (κ3) is 3.21. The first-order chi connectivity index (χ1) is 9.22. The van der Waals surface area contributed by atoms with Crippen LogP contribution in [0.15, 0.2) is 38.6 Å². The first-order valence-electron chi connectivity index (χ1n) is 6.11. The van der Waals surface area contributed by atoms with Gasteiger partial charge in [0.2, 0.25) is 0 Å². The molecule has 0 bridgehead atoms.